The number of rotatable bonds is 6. The Kier molecular flexibility index (Phi) is 5.31. The van der Waals surface area contributed by atoms with Gasteiger partial charge in [-0.05, 0) is 11.6 Å². The zero-order valence-corrected chi connectivity index (χ0v) is 9.15. The van der Waals surface area contributed by atoms with E-state index in [-0.39, 0.29) is 17.9 Å². The Morgan fingerprint density at radius 1 is 1.33 bits per heavy atom. The molecule has 0 aromatic heterocycles. The second-order valence-electron chi connectivity index (χ2n) is 3.34. The largest absolute Gasteiger partial charge is 0.434 e. The van der Waals surface area contributed by atoms with E-state index in [0.717, 1.165) is 0 Å². The predicted molar refractivity (Wildman–Crippen MR) is 58.1 cm³/mol. The molecule has 0 saturated heterocycles. The highest BCUT2D eigenvalue weighted by Gasteiger charge is 2.22. The molecule has 1 aromatic carbocycles. The summed E-state index contributed by atoms with van der Waals surface area (Å²) in [5.41, 5.74) is 8.08. The van der Waals surface area contributed by atoms with Gasteiger partial charge in [-0.1, -0.05) is 23.3 Å². The first-order chi connectivity index (χ1) is 8.56. The van der Waals surface area contributed by atoms with Crippen molar-refractivity contribution in [3.05, 3.63) is 40.3 Å². The van der Waals surface area contributed by atoms with Gasteiger partial charge in [-0.15, -0.1) is 0 Å². The lowest BCUT2D eigenvalue weighted by Gasteiger charge is -2.19. The quantitative estimate of drug-likeness (QED) is 0.464. The van der Waals surface area contributed by atoms with E-state index < -0.39 is 18.8 Å². The third-order valence-electron chi connectivity index (χ3n) is 2.15. The van der Waals surface area contributed by atoms with Crippen molar-refractivity contribution >= 4 is 0 Å². The molecule has 0 bridgehead atoms. The minimum atomic E-state index is -3.03. The molecule has 0 saturated carbocycles. The highest BCUT2D eigenvalue weighted by atomic mass is 19.3. The molecule has 0 aliphatic rings. The number of azide groups is 1. The average molecular weight is 259 g/mol. The zero-order chi connectivity index (χ0) is 13.5. The number of para-hydroxylation sites is 1. The van der Waals surface area contributed by atoms with Crippen molar-refractivity contribution in [2.75, 3.05) is 6.54 Å². The van der Waals surface area contributed by atoms with Crippen molar-refractivity contribution in [1.82, 2.24) is 0 Å². The van der Waals surface area contributed by atoms with E-state index >= 15 is 0 Å². The summed E-state index contributed by atoms with van der Waals surface area (Å²) < 4.78 is 28.5. The number of hydrogen-bond donors (Lipinski definition) is 2. The van der Waals surface area contributed by atoms with Crippen LogP contribution in [0.25, 0.3) is 10.4 Å². The van der Waals surface area contributed by atoms with Crippen LogP contribution in [0.3, 0.4) is 0 Å². The van der Waals surface area contributed by atoms with Gasteiger partial charge in [0.15, 0.2) is 0 Å². The molecule has 1 aromatic rings. The number of ether oxygens (including phenoxy) is 1. The van der Waals surface area contributed by atoms with Crippen molar-refractivity contribution in [3.63, 3.8) is 0 Å². The Balaban J connectivity index is 2.89. The first-order valence-electron chi connectivity index (χ1n) is 4.97. The minimum Gasteiger partial charge on any atom is -0.434 e. The van der Waals surface area contributed by atoms with Gasteiger partial charge in [0, 0.05) is 10.5 Å². The lowest BCUT2D eigenvalue weighted by molar-refractivity contribution is -0.0536. The Labute approximate surface area is 101 Å². The molecule has 0 aliphatic carbocycles. The van der Waals surface area contributed by atoms with E-state index in [1.54, 1.807) is 0 Å². The summed E-state index contributed by atoms with van der Waals surface area (Å²) in [6.07, 6.45) is -2.88. The molecule has 18 heavy (non-hydrogen) atoms. The third kappa shape index (κ3) is 3.85. The van der Waals surface area contributed by atoms with Crippen LogP contribution < -0.4 is 4.74 Å². The van der Waals surface area contributed by atoms with E-state index in [1.165, 1.54) is 24.3 Å². The van der Waals surface area contributed by atoms with Gasteiger partial charge in [0.2, 0.25) is 0 Å². The van der Waals surface area contributed by atoms with Crippen LogP contribution in [-0.2, 0) is 0 Å². The predicted octanol–water partition coefficient (Wildman–Crippen LogP) is 1.99. The molecule has 98 valence electrons. The number of halogens is 2. The van der Waals surface area contributed by atoms with E-state index in [0.29, 0.717) is 0 Å². The van der Waals surface area contributed by atoms with Crippen LogP contribution in [0.2, 0.25) is 0 Å². The molecule has 0 amide bonds. The standard InChI is InChI=1S/C10H11F2N3O3/c11-10(12)18-8-4-2-1-3-6(8)9(17)7(16)5-14-15-13/h1-4,7,9-10,16-17H,5H2. The summed E-state index contributed by atoms with van der Waals surface area (Å²) in [7, 11) is 0. The zero-order valence-electron chi connectivity index (χ0n) is 9.15. The van der Waals surface area contributed by atoms with Crippen LogP contribution in [0.1, 0.15) is 11.7 Å². The summed E-state index contributed by atoms with van der Waals surface area (Å²) in [6, 6.07) is 5.53. The molecule has 2 N–H and O–H groups in total. The fourth-order valence-electron chi connectivity index (χ4n) is 1.36. The molecule has 0 heterocycles. The topological polar surface area (TPSA) is 98.5 Å². The molecule has 0 spiro atoms. The third-order valence-corrected chi connectivity index (χ3v) is 2.15. The molecule has 0 aliphatic heterocycles. The second kappa shape index (κ2) is 6.75. The maximum absolute atomic E-state index is 12.1. The highest BCUT2D eigenvalue weighted by molar-refractivity contribution is 5.35. The van der Waals surface area contributed by atoms with Gasteiger partial charge in [-0.25, -0.2) is 0 Å². The van der Waals surface area contributed by atoms with Crippen molar-refractivity contribution < 1.29 is 23.7 Å². The minimum absolute atomic E-state index is 0.00144. The monoisotopic (exact) mass is 259 g/mol. The first kappa shape index (κ1) is 14.2. The molecule has 0 radical (unpaired) electrons. The summed E-state index contributed by atoms with van der Waals surface area (Å²) in [5, 5.41) is 22.3. The van der Waals surface area contributed by atoms with Gasteiger partial charge in [0.1, 0.15) is 11.9 Å². The van der Waals surface area contributed by atoms with Crippen LogP contribution in [0.15, 0.2) is 29.4 Å². The number of hydrogen-bond acceptors (Lipinski definition) is 4. The Bertz CT molecular complexity index is 438. The summed E-state index contributed by atoms with van der Waals surface area (Å²) in [5.74, 6) is -0.236. The molecule has 8 heteroatoms. The van der Waals surface area contributed by atoms with E-state index in [2.05, 4.69) is 14.8 Å². The number of aliphatic hydroxyl groups excluding tert-OH is 2. The maximum Gasteiger partial charge on any atom is 0.387 e. The Morgan fingerprint density at radius 3 is 2.61 bits per heavy atom. The summed E-state index contributed by atoms with van der Waals surface area (Å²) in [6.45, 7) is -3.41. The smallest absolute Gasteiger partial charge is 0.387 e. The van der Waals surface area contributed by atoms with Crippen LogP contribution in [0.5, 0.6) is 5.75 Å². The van der Waals surface area contributed by atoms with Gasteiger partial charge >= 0.3 is 6.61 Å². The van der Waals surface area contributed by atoms with Gasteiger partial charge < -0.3 is 14.9 Å². The Hall–Kier alpha value is -1.89. The average Bonchev–Trinajstić information content (AvgIpc) is 2.35. The second-order valence-corrected chi connectivity index (χ2v) is 3.34. The van der Waals surface area contributed by atoms with Gasteiger partial charge in [0.25, 0.3) is 0 Å². The highest BCUT2D eigenvalue weighted by Crippen LogP contribution is 2.28. The van der Waals surface area contributed by atoms with Crippen LogP contribution in [-0.4, -0.2) is 29.5 Å². The number of nitrogens with zero attached hydrogens (tertiary/aromatic N) is 3. The molecular formula is C10H11F2N3O3. The number of aliphatic hydroxyl groups is 2. The SMILES string of the molecule is [N-]=[N+]=NCC(O)C(O)c1ccccc1OC(F)F. The first-order valence-corrected chi connectivity index (χ1v) is 4.97. The van der Waals surface area contributed by atoms with E-state index in [1.807, 2.05) is 0 Å². The van der Waals surface area contributed by atoms with Crippen LogP contribution in [0.4, 0.5) is 8.78 Å². The van der Waals surface area contributed by atoms with Crippen LogP contribution in [0, 0.1) is 0 Å². The normalized spacial score (nSPS) is 13.8. The van der Waals surface area contributed by atoms with E-state index in [4.69, 9.17) is 5.53 Å². The van der Waals surface area contributed by atoms with Crippen molar-refractivity contribution in [1.29, 1.82) is 0 Å². The molecule has 2 unspecified atom stereocenters. The van der Waals surface area contributed by atoms with Gasteiger partial charge in [-0.2, -0.15) is 8.78 Å². The lowest BCUT2D eigenvalue weighted by Crippen LogP contribution is -2.22. The number of benzene rings is 1. The van der Waals surface area contributed by atoms with Crippen molar-refractivity contribution in [3.8, 4) is 5.75 Å². The Morgan fingerprint density at radius 2 is 2.00 bits per heavy atom. The number of alkyl halides is 2. The fraction of sp³-hybridized carbons (Fsp3) is 0.400. The van der Waals surface area contributed by atoms with Gasteiger partial charge in [-0.3, -0.25) is 0 Å². The van der Waals surface area contributed by atoms with Crippen molar-refractivity contribution in [2.24, 2.45) is 5.11 Å². The molecule has 1 rings (SSSR count). The van der Waals surface area contributed by atoms with Gasteiger partial charge in [0.05, 0.1) is 12.6 Å². The lowest BCUT2D eigenvalue weighted by atomic mass is 10.0. The summed E-state index contributed by atoms with van der Waals surface area (Å²) in [4.78, 5) is 2.43. The van der Waals surface area contributed by atoms with Crippen LogP contribution >= 0.6 is 0 Å². The molecule has 0 fully saturated rings. The molecular weight excluding hydrogens is 248 g/mol. The van der Waals surface area contributed by atoms with Crippen molar-refractivity contribution in [2.45, 2.75) is 18.8 Å². The summed E-state index contributed by atoms with van der Waals surface area (Å²) >= 11 is 0. The van der Waals surface area contributed by atoms with E-state index in [9.17, 15) is 19.0 Å². The fourth-order valence-corrected chi connectivity index (χ4v) is 1.36. The maximum atomic E-state index is 12.1. The molecule has 2 atom stereocenters. The molecule has 6 nitrogen and oxygen atoms in total.